The molecule has 47 heavy (non-hydrogen) atoms. The Bertz CT molecular complexity index is 1750. The first-order chi connectivity index (χ1) is 22.7. The minimum atomic E-state index is -1.21. The van der Waals surface area contributed by atoms with E-state index in [4.69, 9.17) is 10.7 Å². The Morgan fingerprint density at radius 3 is 2.21 bits per heavy atom. The van der Waals surface area contributed by atoms with Crippen molar-refractivity contribution in [2.24, 2.45) is 28.5 Å². The van der Waals surface area contributed by atoms with Crippen molar-refractivity contribution in [2.75, 3.05) is 4.90 Å². The van der Waals surface area contributed by atoms with Crippen LogP contribution >= 0.6 is 0 Å². The summed E-state index contributed by atoms with van der Waals surface area (Å²) < 4.78 is 0. The summed E-state index contributed by atoms with van der Waals surface area (Å²) in [5, 5.41) is 2.98. The van der Waals surface area contributed by atoms with Crippen LogP contribution in [-0.2, 0) is 20.9 Å². The normalized spacial score (nSPS) is 15.8. The van der Waals surface area contributed by atoms with Gasteiger partial charge in [0.1, 0.15) is 0 Å². The van der Waals surface area contributed by atoms with Crippen molar-refractivity contribution in [1.82, 2.24) is 5.32 Å². The van der Waals surface area contributed by atoms with Gasteiger partial charge < -0.3 is 16.0 Å². The smallest absolute Gasteiger partial charge is 0.272 e. The third-order valence-corrected chi connectivity index (χ3v) is 8.70. The van der Waals surface area contributed by atoms with Crippen molar-refractivity contribution in [3.63, 3.8) is 0 Å². The molecule has 0 radical (unpaired) electrons. The Labute approximate surface area is 277 Å². The number of benzene rings is 4. The van der Waals surface area contributed by atoms with E-state index >= 15 is 0 Å². The number of rotatable bonds is 12. The maximum absolute atomic E-state index is 14.6. The molecule has 7 heteroatoms. The number of nitrogens with two attached hydrogens (primary N) is 1. The number of amides is 3. The molecule has 5 rings (SSSR count). The van der Waals surface area contributed by atoms with Crippen molar-refractivity contribution in [2.45, 2.75) is 59.7 Å². The number of carbonyl (C=O) groups is 3. The van der Waals surface area contributed by atoms with Crippen LogP contribution in [0.4, 0.5) is 5.69 Å². The van der Waals surface area contributed by atoms with Gasteiger partial charge in [0, 0.05) is 23.0 Å². The zero-order chi connectivity index (χ0) is 33.5. The van der Waals surface area contributed by atoms with E-state index in [2.05, 4.69) is 48.6 Å². The van der Waals surface area contributed by atoms with Crippen molar-refractivity contribution in [1.29, 1.82) is 0 Å². The molecule has 3 N–H and O–H groups in total. The Balaban J connectivity index is 1.57. The summed E-state index contributed by atoms with van der Waals surface area (Å²) in [4.78, 5) is 47.9. The summed E-state index contributed by atoms with van der Waals surface area (Å²) in [6.07, 6.45) is 0.450. The van der Waals surface area contributed by atoms with Gasteiger partial charge in [-0.3, -0.25) is 14.4 Å². The van der Waals surface area contributed by atoms with Crippen LogP contribution < -0.4 is 16.0 Å². The first kappa shape index (κ1) is 33.3. The second-order valence-corrected chi connectivity index (χ2v) is 12.8. The van der Waals surface area contributed by atoms with E-state index in [9.17, 15) is 14.4 Å². The highest BCUT2D eigenvalue weighted by atomic mass is 16.2. The van der Waals surface area contributed by atoms with Gasteiger partial charge in [-0.1, -0.05) is 124 Å². The molecule has 0 spiro atoms. The molecule has 4 aromatic rings. The number of carbonyl (C=O) groups excluding carboxylic acids is 3. The number of nitrogens with one attached hydrogen (secondary N) is 1. The molecule has 0 saturated carbocycles. The SMILES string of the molecule is CCC[C@H](C(N)=O)[C@@H](CC(C)C)C(=O)NC1N=C(c2ccccc2)c2ccccc2N(Cc2cccc(-c3ccc(C)cc3)c2)C1=O. The van der Waals surface area contributed by atoms with E-state index in [1.807, 2.05) is 87.5 Å². The lowest BCUT2D eigenvalue weighted by Crippen LogP contribution is -2.50. The highest BCUT2D eigenvalue weighted by molar-refractivity contribution is 6.20. The van der Waals surface area contributed by atoms with Gasteiger partial charge in [-0.15, -0.1) is 0 Å². The number of benzodiazepines with no additional fused rings is 1. The van der Waals surface area contributed by atoms with Crippen LogP contribution in [0.1, 0.15) is 62.3 Å². The lowest BCUT2D eigenvalue weighted by atomic mass is 9.81. The largest absolute Gasteiger partial charge is 0.369 e. The molecule has 1 unspecified atom stereocenters. The minimum absolute atomic E-state index is 0.138. The predicted octanol–water partition coefficient (Wildman–Crippen LogP) is 7.05. The van der Waals surface area contributed by atoms with E-state index in [-0.39, 0.29) is 18.4 Å². The molecule has 242 valence electrons. The van der Waals surface area contributed by atoms with Gasteiger partial charge in [0.2, 0.25) is 18.0 Å². The molecule has 7 nitrogen and oxygen atoms in total. The van der Waals surface area contributed by atoms with Gasteiger partial charge >= 0.3 is 0 Å². The maximum atomic E-state index is 14.6. The lowest BCUT2D eigenvalue weighted by Gasteiger charge is -2.29. The van der Waals surface area contributed by atoms with Gasteiger partial charge in [-0.05, 0) is 54.5 Å². The summed E-state index contributed by atoms with van der Waals surface area (Å²) >= 11 is 0. The fourth-order valence-corrected chi connectivity index (χ4v) is 6.35. The topological polar surface area (TPSA) is 105 Å². The molecule has 0 bridgehead atoms. The average molecular weight is 629 g/mol. The summed E-state index contributed by atoms with van der Waals surface area (Å²) in [5.74, 6) is -2.43. The highest BCUT2D eigenvalue weighted by Gasteiger charge is 2.37. The fourth-order valence-electron chi connectivity index (χ4n) is 6.35. The van der Waals surface area contributed by atoms with Gasteiger partial charge in [0.15, 0.2) is 0 Å². The van der Waals surface area contributed by atoms with Gasteiger partial charge in [0.25, 0.3) is 5.91 Å². The fraction of sp³-hybridized carbons (Fsp3) is 0.300. The number of hydrogen-bond acceptors (Lipinski definition) is 4. The Morgan fingerprint density at radius 1 is 0.851 bits per heavy atom. The molecular formula is C40H44N4O3. The van der Waals surface area contributed by atoms with E-state index in [0.717, 1.165) is 27.8 Å². The van der Waals surface area contributed by atoms with Gasteiger partial charge in [-0.2, -0.15) is 0 Å². The quantitative estimate of drug-likeness (QED) is 0.176. The molecule has 3 atom stereocenters. The third-order valence-electron chi connectivity index (χ3n) is 8.70. The molecule has 1 heterocycles. The second-order valence-electron chi connectivity index (χ2n) is 12.8. The van der Waals surface area contributed by atoms with Crippen LogP contribution in [0.25, 0.3) is 11.1 Å². The molecule has 0 saturated heterocycles. The van der Waals surface area contributed by atoms with Crippen LogP contribution in [0, 0.1) is 24.7 Å². The van der Waals surface area contributed by atoms with Crippen molar-refractivity contribution in [3.05, 3.63) is 125 Å². The number of aliphatic imine (C=N–C) groups is 1. The van der Waals surface area contributed by atoms with Gasteiger partial charge in [-0.25, -0.2) is 4.99 Å². The summed E-state index contributed by atoms with van der Waals surface area (Å²) in [6.45, 7) is 8.32. The number of nitrogens with zero attached hydrogens (tertiary/aromatic N) is 2. The minimum Gasteiger partial charge on any atom is -0.369 e. The lowest BCUT2D eigenvalue weighted by molar-refractivity contribution is -0.136. The molecule has 1 aliphatic heterocycles. The van der Waals surface area contributed by atoms with E-state index < -0.39 is 29.8 Å². The van der Waals surface area contributed by atoms with Crippen LogP contribution in [-0.4, -0.2) is 29.6 Å². The molecular weight excluding hydrogens is 584 g/mol. The maximum Gasteiger partial charge on any atom is 0.272 e. The second kappa shape index (κ2) is 15.0. The zero-order valence-corrected chi connectivity index (χ0v) is 27.6. The molecule has 0 fully saturated rings. The van der Waals surface area contributed by atoms with Crippen LogP contribution in [0.5, 0.6) is 0 Å². The molecule has 4 aromatic carbocycles. The number of anilines is 1. The number of hydrogen-bond donors (Lipinski definition) is 2. The summed E-state index contributed by atoms with van der Waals surface area (Å²) in [7, 11) is 0. The Hall–Kier alpha value is -5.04. The summed E-state index contributed by atoms with van der Waals surface area (Å²) in [6, 6.07) is 33.9. The van der Waals surface area contributed by atoms with Crippen LogP contribution in [0.3, 0.4) is 0 Å². The number of para-hydroxylation sites is 1. The number of primary amides is 1. The molecule has 1 aliphatic rings. The summed E-state index contributed by atoms with van der Waals surface area (Å²) in [5.41, 5.74) is 13.0. The number of fused-ring (bicyclic) bond motifs is 1. The van der Waals surface area contributed by atoms with Gasteiger partial charge in [0.05, 0.1) is 17.9 Å². The predicted molar refractivity (Wildman–Crippen MR) is 189 cm³/mol. The van der Waals surface area contributed by atoms with E-state index in [0.29, 0.717) is 30.7 Å². The molecule has 0 aliphatic carbocycles. The van der Waals surface area contributed by atoms with Crippen molar-refractivity contribution in [3.8, 4) is 11.1 Å². The van der Waals surface area contributed by atoms with Crippen LogP contribution in [0.2, 0.25) is 0 Å². The standard InChI is InChI=1S/C40H44N4O3/c1-5-12-32(37(41)45)34(23-26(2)3)39(46)43-38-40(47)44(25-28-13-11-16-31(24-28)29-21-19-27(4)20-22-29)35-18-10-9-17-33(35)36(42-38)30-14-7-6-8-15-30/h6-11,13-22,24,26,32,34,38H,5,12,23,25H2,1-4H3,(H2,41,45)(H,43,46)/t32-,34+,38?/m0/s1. The Morgan fingerprint density at radius 2 is 1.53 bits per heavy atom. The van der Waals surface area contributed by atoms with Crippen LogP contribution in [0.15, 0.2) is 108 Å². The van der Waals surface area contributed by atoms with Crippen molar-refractivity contribution < 1.29 is 14.4 Å². The van der Waals surface area contributed by atoms with E-state index in [1.165, 1.54) is 5.56 Å². The zero-order valence-electron chi connectivity index (χ0n) is 27.6. The highest BCUT2D eigenvalue weighted by Crippen LogP contribution is 2.31. The van der Waals surface area contributed by atoms with Crippen molar-refractivity contribution >= 4 is 29.1 Å². The average Bonchev–Trinajstić information content (AvgIpc) is 3.17. The monoisotopic (exact) mass is 628 g/mol. The molecule has 0 aromatic heterocycles. The van der Waals surface area contributed by atoms with E-state index in [1.54, 1.807) is 4.90 Å². The molecule has 3 amide bonds. The Kier molecular flexibility index (Phi) is 10.7. The third kappa shape index (κ3) is 7.86. The first-order valence-electron chi connectivity index (χ1n) is 16.5. The number of aryl methyl sites for hydroxylation is 1. The first-order valence-corrected chi connectivity index (χ1v) is 16.5.